The van der Waals surface area contributed by atoms with Crippen LogP contribution < -0.4 is 14.8 Å². The summed E-state index contributed by atoms with van der Waals surface area (Å²) >= 11 is 0. The van der Waals surface area contributed by atoms with Gasteiger partial charge in [0, 0.05) is 6.61 Å². The first-order valence-electron chi connectivity index (χ1n) is 7.79. The zero-order valence-electron chi connectivity index (χ0n) is 14.2. The van der Waals surface area contributed by atoms with Gasteiger partial charge >= 0.3 is 5.97 Å². The van der Waals surface area contributed by atoms with Crippen molar-refractivity contribution in [2.45, 2.75) is 31.4 Å². The SMILES string of the molecule is COC(=O)C[C@H](NC(=O)[C@H]1CCCO1)c1ccc(OC)c(OC)c1. The van der Waals surface area contributed by atoms with Gasteiger partial charge in [-0.3, -0.25) is 9.59 Å². The minimum Gasteiger partial charge on any atom is -0.493 e. The third-order valence-corrected chi connectivity index (χ3v) is 3.95. The van der Waals surface area contributed by atoms with E-state index in [2.05, 4.69) is 5.32 Å². The Morgan fingerprint density at radius 1 is 1.25 bits per heavy atom. The molecule has 1 aromatic carbocycles. The molecule has 2 atom stereocenters. The Balaban J connectivity index is 2.21. The minimum atomic E-state index is -0.533. The molecule has 7 heteroatoms. The van der Waals surface area contributed by atoms with Crippen LogP contribution in [0.25, 0.3) is 0 Å². The van der Waals surface area contributed by atoms with Crippen molar-refractivity contribution in [2.75, 3.05) is 27.9 Å². The van der Waals surface area contributed by atoms with E-state index >= 15 is 0 Å². The second-order valence-corrected chi connectivity index (χ2v) is 5.46. The highest BCUT2D eigenvalue weighted by Gasteiger charge is 2.27. The normalized spacial score (nSPS) is 17.9. The van der Waals surface area contributed by atoms with Gasteiger partial charge in [0.1, 0.15) is 6.10 Å². The fourth-order valence-electron chi connectivity index (χ4n) is 2.62. The largest absolute Gasteiger partial charge is 0.493 e. The number of ether oxygens (including phenoxy) is 4. The maximum atomic E-state index is 12.3. The van der Waals surface area contributed by atoms with Gasteiger partial charge in [-0.05, 0) is 30.5 Å². The highest BCUT2D eigenvalue weighted by Crippen LogP contribution is 2.31. The van der Waals surface area contributed by atoms with Crippen LogP contribution in [0.1, 0.15) is 30.9 Å². The number of carbonyl (C=O) groups excluding carboxylic acids is 2. The van der Waals surface area contributed by atoms with Crippen molar-refractivity contribution in [3.8, 4) is 11.5 Å². The minimum absolute atomic E-state index is 0.0183. The molecule has 1 amide bonds. The predicted octanol–water partition coefficient (Wildman–Crippen LogP) is 1.60. The molecule has 0 unspecified atom stereocenters. The number of benzene rings is 1. The van der Waals surface area contributed by atoms with Crippen LogP contribution in [-0.4, -0.2) is 45.9 Å². The number of hydrogen-bond donors (Lipinski definition) is 1. The van der Waals surface area contributed by atoms with E-state index in [9.17, 15) is 9.59 Å². The number of carbonyl (C=O) groups is 2. The Labute approximate surface area is 141 Å². The first-order valence-corrected chi connectivity index (χ1v) is 7.79. The van der Waals surface area contributed by atoms with Gasteiger partial charge in [-0.25, -0.2) is 0 Å². The molecule has 0 saturated carbocycles. The van der Waals surface area contributed by atoms with Gasteiger partial charge in [0.2, 0.25) is 5.91 Å². The quantitative estimate of drug-likeness (QED) is 0.761. The van der Waals surface area contributed by atoms with Crippen molar-refractivity contribution in [2.24, 2.45) is 0 Å². The molecule has 0 bridgehead atoms. The molecule has 132 valence electrons. The molecule has 24 heavy (non-hydrogen) atoms. The van der Waals surface area contributed by atoms with Crippen molar-refractivity contribution in [1.82, 2.24) is 5.32 Å². The average molecular weight is 337 g/mol. The summed E-state index contributed by atoms with van der Waals surface area (Å²) in [6.45, 7) is 0.579. The van der Waals surface area contributed by atoms with Crippen LogP contribution in [0.3, 0.4) is 0 Å². The molecule has 7 nitrogen and oxygen atoms in total. The summed E-state index contributed by atoms with van der Waals surface area (Å²) in [5.74, 6) is 0.457. The molecule has 2 rings (SSSR count). The van der Waals surface area contributed by atoms with Gasteiger partial charge in [0.15, 0.2) is 11.5 Å². The smallest absolute Gasteiger partial charge is 0.307 e. The van der Waals surface area contributed by atoms with Crippen LogP contribution in [0.5, 0.6) is 11.5 Å². The van der Waals surface area contributed by atoms with Crippen LogP contribution >= 0.6 is 0 Å². The standard InChI is InChI=1S/C17H23NO6/c1-21-13-7-6-11(9-15(13)22-2)12(10-16(19)23-3)18-17(20)14-5-4-8-24-14/h6-7,9,12,14H,4-5,8,10H2,1-3H3,(H,18,20)/t12-,14+/m0/s1. The van der Waals surface area contributed by atoms with Gasteiger partial charge in [-0.15, -0.1) is 0 Å². The molecule has 1 aliphatic heterocycles. The van der Waals surface area contributed by atoms with Crippen LogP contribution in [0.15, 0.2) is 18.2 Å². The maximum absolute atomic E-state index is 12.3. The van der Waals surface area contributed by atoms with Gasteiger partial charge < -0.3 is 24.3 Å². The second-order valence-electron chi connectivity index (χ2n) is 5.46. The molecular formula is C17H23NO6. The van der Waals surface area contributed by atoms with Crippen LogP contribution in [0.2, 0.25) is 0 Å². The number of hydrogen-bond acceptors (Lipinski definition) is 6. The van der Waals surface area contributed by atoms with Crippen LogP contribution in [0, 0.1) is 0 Å². The number of nitrogens with one attached hydrogen (secondary N) is 1. The Kier molecular flexibility index (Phi) is 6.43. The van der Waals surface area contributed by atoms with E-state index in [1.165, 1.54) is 14.2 Å². The van der Waals surface area contributed by atoms with Crippen LogP contribution in [0.4, 0.5) is 0 Å². The second kappa shape index (κ2) is 8.54. The Bertz CT molecular complexity index is 582. The molecular weight excluding hydrogens is 314 g/mol. The lowest BCUT2D eigenvalue weighted by Gasteiger charge is -2.21. The zero-order valence-corrected chi connectivity index (χ0v) is 14.2. The molecule has 1 N–H and O–H groups in total. The Morgan fingerprint density at radius 2 is 2.00 bits per heavy atom. The molecule has 1 fully saturated rings. The lowest BCUT2D eigenvalue weighted by molar-refractivity contribution is -0.141. The summed E-state index contributed by atoms with van der Waals surface area (Å²) < 4.78 is 20.6. The molecule has 0 aliphatic carbocycles. The monoisotopic (exact) mass is 337 g/mol. The van der Waals surface area contributed by atoms with Crippen molar-refractivity contribution in [1.29, 1.82) is 0 Å². The predicted molar refractivity (Wildman–Crippen MR) is 86.0 cm³/mol. The van der Waals surface area contributed by atoms with E-state index in [1.54, 1.807) is 25.3 Å². The summed E-state index contributed by atoms with van der Waals surface area (Å²) in [7, 11) is 4.39. The van der Waals surface area contributed by atoms with Crippen LogP contribution in [-0.2, 0) is 19.1 Å². The molecule has 1 heterocycles. The molecule has 0 radical (unpaired) electrons. The number of rotatable bonds is 7. The Morgan fingerprint density at radius 3 is 2.58 bits per heavy atom. The molecule has 1 aromatic rings. The average Bonchev–Trinajstić information content (AvgIpc) is 3.15. The van der Waals surface area contributed by atoms with Crippen molar-refractivity contribution < 1.29 is 28.5 Å². The number of esters is 1. The lowest BCUT2D eigenvalue weighted by atomic mass is 10.0. The molecule has 1 aliphatic rings. The third-order valence-electron chi connectivity index (χ3n) is 3.95. The first-order chi connectivity index (χ1) is 11.6. The zero-order chi connectivity index (χ0) is 17.5. The van der Waals surface area contributed by atoms with E-state index in [-0.39, 0.29) is 12.3 Å². The lowest BCUT2D eigenvalue weighted by Crippen LogP contribution is -2.37. The third kappa shape index (κ3) is 4.38. The maximum Gasteiger partial charge on any atom is 0.307 e. The van der Waals surface area contributed by atoms with Gasteiger partial charge in [-0.1, -0.05) is 6.07 Å². The van der Waals surface area contributed by atoms with E-state index in [1.807, 2.05) is 0 Å². The topological polar surface area (TPSA) is 83.1 Å². The van der Waals surface area contributed by atoms with E-state index in [0.717, 1.165) is 12.0 Å². The Hall–Kier alpha value is -2.28. The summed E-state index contributed by atoms with van der Waals surface area (Å²) in [4.78, 5) is 24.0. The number of methoxy groups -OCH3 is 3. The van der Waals surface area contributed by atoms with Gasteiger partial charge in [-0.2, -0.15) is 0 Å². The highest BCUT2D eigenvalue weighted by atomic mass is 16.5. The van der Waals surface area contributed by atoms with Crippen molar-refractivity contribution in [3.63, 3.8) is 0 Å². The van der Waals surface area contributed by atoms with E-state index < -0.39 is 18.1 Å². The molecule has 0 spiro atoms. The summed E-state index contributed by atoms with van der Waals surface area (Å²) in [6, 6.07) is 4.72. The van der Waals surface area contributed by atoms with E-state index in [4.69, 9.17) is 18.9 Å². The molecule has 0 aromatic heterocycles. The fraction of sp³-hybridized carbons (Fsp3) is 0.529. The molecule has 1 saturated heterocycles. The van der Waals surface area contributed by atoms with Crippen molar-refractivity contribution in [3.05, 3.63) is 23.8 Å². The highest BCUT2D eigenvalue weighted by molar-refractivity contribution is 5.82. The van der Waals surface area contributed by atoms with Gasteiger partial charge in [0.05, 0.1) is 33.8 Å². The van der Waals surface area contributed by atoms with E-state index in [0.29, 0.717) is 24.5 Å². The summed E-state index contributed by atoms with van der Waals surface area (Å²) in [6.07, 6.45) is 1.09. The first kappa shape index (κ1) is 18.1. The van der Waals surface area contributed by atoms with Crippen molar-refractivity contribution >= 4 is 11.9 Å². The van der Waals surface area contributed by atoms with Gasteiger partial charge in [0.25, 0.3) is 0 Å². The summed E-state index contributed by atoms with van der Waals surface area (Å²) in [5.41, 5.74) is 0.726. The fourth-order valence-corrected chi connectivity index (χ4v) is 2.62. The summed E-state index contributed by atoms with van der Waals surface area (Å²) in [5, 5.41) is 2.87. The number of amides is 1.